The number of nitrogens with zero attached hydrogens (tertiary/aromatic N) is 1. The topological polar surface area (TPSA) is 69.6 Å². The molecule has 2 N–H and O–H groups in total. The van der Waals surface area contributed by atoms with Crippen molar-refractivity contribution >= 4 is 41.1 Å². The van der Waals surface area contributed by atoms with Gasteiger partial charge in [0.1, 0.15) is 0 Å². The number of carbonyl (C=O) groups is 2. The van der Waals surface area contributed by atoms with Gasteiger partial charge in [-0.1, -0.05) is 11.6 Å². The lowest BCUT2D eigenvalue weighted by Crippen LogP contribution is -2.36. The van der Waals surface area contributed by atoms with Gasteiger partial charge in [0.05, 0.1) is 11.3 Å². The first-order valence-electron chi connectivity index (χ1n) is 6.24. The molecule has 108 valence electrons. The number of hydrogen-bond donors (Lipinski definition) is 2. The average Bonchev–Trinajstić information content (AvgIpc) is 2.67. The van der Waals surface area contributed by atoms with Gasteiger partial charge in [0, 0.05) is 23.9 Å². The Morgan fingerprint density at radius 3 is 2.85 bits per heavy atom. The maximum Gasteiger partial charge on any atom is 0.337 e. The summed E-state index contributed by atoms with van der Waals surface area (Å²) in [5.41, 5.74) is 0.263. The fraction of sp³-hybridized carbons (Fsp3) is 0.385. The second-order valence-corrected chi connectivity index (χ2v) is 6.04. The molecule has 5 nitrogen and oxygen atoms in total. The Labute approximate surface area is 126 Å². The predicted octanol–water partition coefficient (Wildman–Crippen LogP) is 3.01. The third kappa shape index (κ3) is 3.80. The van der Waals surface area contributed by atoms with Crippen LogP contribution < -0.4 is 5.32 Å². The number of aromatic carboxylic acids is 1. The molecule has 0 unspecified atom stereocenters. The van der Waals surface area contributed by atoms with Crippen molar-refractivity contribution in [3.8, 4) is 0 Å². The molecule has 1 saturated heterocycles. The van der Waals surface area contributed by atoms with Crippen LogP contribution in [0.2, 0.25) is 5.02 Å². The number of carboxylic acid groups (broad SMARTS) is 1. The van der Waals surface area contributed by atoms with Crippen molar-refractivity contribution in [1.29, 1.82) is 0 Å². The van der Waals surface area contributed by atoms with Gasteiger partial charge in [-0.05, 0) is 30.4 Å². The smallest absolute Gasteiger partial charge is 0.337 e. The van der Waals surface area contributed by atoms with Gasteiger partial charge in [0.25, 0.3) is 0 Å². The minimum absolute atomic E-state index is 0.0342. The van der Waals surface area contributed by atoms with Crippen LogP contribution in [-0.4, -0.2) is 46.6 Å². The maximum absolute atomic E-state index is 12.2. The van der Waals surface area contributed by atoms with Gasteiger partial charge >= 0.3 is 12.0 Å². The fourth-order valence-electron chi connectivity index (χ4n) is 1.95. The van der Waals surface area contributed by atoms with Gasteiger partial charge in [-0.25, -0.2) is 9.59 Å². The number of hydrogen-bond acceptors (Lipinski definition) is 3. The molecule has 2 rings (SSSR count). The predicted molar refractivity (Wildman–Crippen MR) is 80.9 cm³/mol. The molecule has 0 atom stereocenters. The zero-order valence-electron chi connectivity index (χ0n) is 10.8. The molecule has 7 heteroatoms. The molecule has 0 radical (unpaired) electrons. The van der Waals surface area contributed by atoms with E-state index in [1.807, 2.05) is 11.8 Å². The van der Waals surface area contributed by atoms with Crippen LogP contribution in [0, 0.1) is 0 Å². The lowest BCUT2D eigenvalue weighted by Gasteiger charge is -2.21. The van der Waals surface area contributed by atoms with Crippen molar-refractivity contribution in [3.63, 3.8) is 0 Å². The molecule has 1 heterocycles. The van der Waals surface area contributed by atoms with Crippen LogP contribution in [0.25, 0.3) is 0 Å². The summed E-state index contributed by atoms with van der Waals surface area (Å²) in [6, 6.07) is 4.05. The number of amides is 2. The van der Waals surface area contributed by atoms with E-state index < -0.39 is 5.97 Å². The zero-order valence-corrected chi connectivity index (χ0v) is 12.3. The van der Waals surface area contributed by atoms with E-state index in [9.17, 15) is 9.59 Å². The highest BCUT2D eigenvalue weighted by molar-refractivity contribution is 7.99. The van der Waals surface area contributed by atoms with Gasteiger partial charge in [-0.3, -0.25) is 0 Å². The van der Waals surface area contributed by atoms with E-state index in [1.165, 1.54) is 18.2 Å². The van der Waals surface area contributed by atoms with E-state index in [1.54, 1.807) is 4.90 Å². The Morgan fingerprint density at radius 2 is 2.10 bits per heavy atom. The summed E-state index contributed by atoms with van der Waals surface area (Å²) >= 11 is 7.67. The summed E-state index contributed by atoms with van der Waals surface area (Å²) in [6.07, 6.45) is 0.944. The first kappa shape index (κ1) is 15.0. The van der Waals surface area contributed by atoms with Gasteiger partial charge in [0.15, 0.2) is 0 Å². The summed E-state index contributed by atoms with van der Waals surface area (Å²) in [5, 5.41) is 12.1. The molecule has 1 aliphatic rings. The zero-order chi connectivity index (χ0) is 14.5. The van der Waals surface area contributed by atoms with Crippen LogP contribution >= 0.6 is 23.4 Å². The van der Waals surface area contributed by atoms with Crippen LogP contribution in [-0.2, 0) is 0 Å². The number of thioether (sulfide) groups is 1. The summed E-state index contributed by atoms with van der Waals surface area (Å²) in [4.78, 5) is 25.0. The number of rotatable bonds is 2. The van der Waals surface area contributed by atoms with Crippen molar-refractivity contribution < 1.29 is 14.7 Å². The highest BCUT2D eigenvalue weighted by Crippen LogP contribution is 2.22. The van der Waals surface area contributed by atoms with Gasteiger partial charge in [-0.2, -0.15) is 11.8 Å². The highest BCUT2D eigenvalue weighted by Gasteiger charge is 2.18. The van der Waals surface area contributed by atoms with Gasteiger partial charge in [0.2, 0.25) is 0 Å². The molecule has 1 aromatic carbocycles. The molecular formula is C13H15ClN2O3S. The summed E-state index contributed by atoms with van der Waals surface area (Å²) in [7, 11) is 0. The van der Waals surface area contributed by atoms with Crippen LogP contribution in [0.5, 0.6) is 0 Å². The molecule has 0 aliphatic carbocycles. The van der Waals surface area contributed by atoms with Crippen molar-refractivity contribution in [2.45, 2.75) is 6.42 Å². The Kier molecular flexibility index (Phi) is 5.14. The lowest BCUT2D eigenvalue weighted by atomic mass is 10.2. The van der Waals surface area contributed by atoms with Crippen molar-refractivity contribution in [2.24, 2.45) is 0 Å². The molecule has 2 amide bonds. The largest absolute Gasteiger partial charge is 0.478 e. The minimum atomic E-state index is -1.09. The maximum atomic E-state index is 12.2. The minimum Gasteiger partial charge on any atom is -0.478 e. The average molecular weight is 315 g/mol. The summed E-state index contributed by atoms with van der Waals surface area (Å²) in [6.45, 7) is 1.35. The standard InChI is InChI=1S/C13H15ClN2O3S/c14-9-2-3-10(12(17)18)11(8-9)15-13(19)16-4-1-6-20-7-5-16/h2-3,8H,1,4-7H2,(H,15,19)(H,17,18). The molecule has 0 saturated carbocycles. The van der Waals surface area contributed by atoms with E-state index in [-0.39, 0.29) is 17.3 Å². The van der Waals surface area contributed by atoms with Crippen LogP contribution in [0.4, 0.5) is 10.5 Å². The third-order valence-corrected chi connectivity index (χ3v) is 4.25. The lowest BCUT2D eigenvalue weighted by molar-refractivity contribution is 0.0698. The van der Waals surface area contributed by atoms with Crippen molar-refractivity contribution in [1.82, 2.24) is 4.90 Å². The number of benzene rings is 1. The number of anilines is 1. The first-order valence-corrected chi connectivity index (χ1v) is 7.77. The summed E-state index contributed by atoms with van der Waals surface area (Å²) < 4.78 is 0. The monoisotopic (exact) mass is 314 g/mol. The fourth-order valence-corrected chi connectivity index (χ4v) is 3.01. The molecule has 1 aliphatic heterocycles. The quantitative estimate of drug-likeness (QED) is 0.880. The first-order chi connectivity index (χ1) is 9.58. The van der Waals surface area contributed by atoms with Crippen molar-refractivity contribution in [2.75, 3.05) is 29.9 Å². The number of carbonyl (C=O) groups excluding carboxylic acids is 1. The van der Waals surface area contributed by atoms with E-state index in [0.717, 1.165) is 17.9 Å². The molecule has 1 fully saturated rings. The molecule has 20 heavy (non-hydrogen) atoms. The van der Waals surface area contributed by atoms with Crippen LogP contribution in [0.15, 0.2) is 18.2 Å². The van der Waals surface area contributed by atoms with Gasteiger partial charge < -0.3 is 15.3 Å². The SMILES string of the molecule is O=C(O)c1ccc(Cl)cc1NC(=O)N1CCCSCC1. The van der Waals surface area contributed by atoms with Gasteiger partial charge in [-0.15, -0.1) is 0 Å². The molecular weight excluding hydrogens is 300 g/mol. The molecule has 0 bridgehead atoms. The van der Waals surface area contributed by atoms with E-state index in [4.69, 9.17) is 16.7 Å². The van der Waals surface area contributed by atoms with E-state index in [2.05, 4.69) is 5.32 Å². The normalized spacial score (nSPS) is 15.6. The Hall–Kier alpha value is -1.40. The third-order valence-electron chi connectivity index (χ3n) is 2.96. The second-order valence-electron chi connectivity index (χ2n) is 4.38. The highest BCUT2D eigenvalue weighted by atomic mass is 35.5. The number of halogens is 1. The number of carboxylic acids is 1. The molecule has 1 aromatic rings. The number of urea groups is 1. The molecule has 0 aromatic heterocycles. The van der Waals surface area contributed by atoms with Crippen LogP contribution in [0.3, 0.4) is 0 Å². The second kappa shape index (κ2) is 6.85. The van der Waals surface area contributed by atoms with E-state index >= 15 is 0 Å². The number of nitrogens with one attached hydrogen (secondary N) is 1. The Bertz CT molecular complexity index is 516. The van der Waals surface area contributed by atoms with Crippen molar-refractivity contribution in [3.05, 3.63) is 28.8 Å². The Morgan fingerprint density at radius 1 is 1.30 bits per heavy atom. The molecule has 0 spiro atoms. The van der Waals surface area contributed by atoms with E-state index in [0.29, 0.717) is 18.1 Å². The Balaban J connectivity index is 2.14. The summed E-state index contributed by atoms with van der Waals surface area (Å²) in [5.74, 6) is 0.846. The van der Waals surface area contributed by atoms with Crippen LogP contribution in [0.1, 0.15) is 16.8 Å².